The van der Waals surface area contributed by atoms with E-state index >= 15 is 0 Å². The van der Waals surface area contributed by atoms with Crippen molar-refractivity contribution in [2.75, 3.05) is 45.8 Å². The summed E-state index contributed by atoms with van der Waals surface area (Å²) in [5, 5.41) is 4.89. The molecule has 0 saturated heterocycles. The second-order valence-electron chi connectivity index (χ2n) is 16.4. The molecule has 13 heteroatoms. The van der Waals surface area contributed by atoms with Gasteiger partial charge in [0.1, 0.15) is 27.1 Å². The maximum Gasteiger partial charge on any atom is 0.335 e. The first-order valence-corrected chi connectivity index (χ1v) is 25.9. The molecule has 0 spiro atoms. The molecule has 1 aromatic carbocycles. The second-order valence-corrected chi connectivity index (χ2v) is 27.6. The number of methoxy groups -OCH3 is 2. The molecule has 5 rings (SSSR count). The van der Waals surface area contributed by atoms with E-state index < -0.39 is 22.3 Å². The topological polar surface area (TPSA) is 100 Å². The molecule has 2 radical (unpaired) electrons. The highest BCUT2D eigenvalue weighted by Gasteiger charge is 2.35. The Balaban J connectivity index is 1.54. The Kier molecular flexibility index (Phi) is 13.5. The maximum atomic E-state index is 12.5. The Hall–Kier alpha value is -3.36. The van der Waals surface area contributed by atoms with Crippen LogP contribution in [0.3, 0.4) is 0 Å². The molecular formula is C39H56BN5O5Si2. The summed E-state index contributed by atoms with van der Waals surface area (Å²) in [6.45, 7) is 16.1. The maximum absolute atomic E-state index is 12.5. The van der Waals surface area contributed by atoms with Gasteiger partial charge < -0.3 is 23.8 Å². The molecule has 0 amide bonds. The quantitative estimate of drug-likeness (QED) is 0.0484. The predicted octanol–water partition coefficient (Wildman–Crippen LogP) is 7.14. The van der Waals surface area contributed by atoms with E-state index in [9.17, 15) is 4.79 Å². The summed E-state index contributed by atoms with van der Waals surface area (Å²) in [6.07, 6.45) is 6.35. The molecule has 278 valence electrons. The number of carbonyl (C=O) groups is 1. The fourth-order valence-corrected chi connectivity index (χ4v) is 8.23. The third-order valence-corrected chi connectivity index (χ3v) is 13.3. The number of rotatable bonds is 17. The van der Waals surface area contributed by atoms with Gasteiger partial charge in [0, 0.05) is 71.0 Å². The number of aromatic nitrogens is 4. The van der Waals surface area contributed by atoms with Crippen LogP contribution in [-0.2, 0) is 23.7 Å². The fourth-order valence-electron chi connectivity index (χ4n) is 6.72. The number of nitrogens with zero attached hydrogens (tertiary/aromatic N) is 5. The smallest absolute Gasteiger partial charge is 0.335 e. The van der Waals surface area contributed by atoms with Crippen molar-refractivity contribution in [3.63, 3.8) is 0 Å². The van der Waals surface area contributed by atoms with Crippen molar-refractivity contribution >= 4 is 46.9 Å². The highest BCUT2D eigenvalue weighted by Crippen LogP contribution is 2.38. The van der Waals surface area contributed by atoms with Crippen LogP contribution in [-0.4, -0.2) is 96.5 Å². The van der Waals surface area contributed by atoms with Crippen LogP contribution in [0, 0.1) is 5.92 Å². The number of carbonyl (C=O) groups excluding carboxylic acids is 1. The van der Waals surface area contributed by atoms with E-state index in [1.165, 1.54) is 7.11 Å². The fraction of sp³-hybridized carbons (Fsp3) is 0.538. The minimum Gasteiger partial charge on any atom is -0.467 e. The normalized spacial score (nSPS) is 17.3. The van der Waals surface area contributed by atoms with Gasteiger partial charge in [-0.05, 0) is 55.2 Å². The van der Waals surface area contributed by atoms with Gasteiger partial charge in [-0.3, -0.25) is 4.98 Å². The van der Waals surface area contributed by atoms with Gasteiger partial charge >= 0.3 is 5.97 Å². The van der Waals surface area contributed by atoms with Crippen LogP contribution in [0.4, 0.5) is 5.82 Å². The van der Waals surface area contributed by atoms with Gasteiger partial charge in [0.25, 0.3) is 0 Å². The number of benzene rings is 1. The molecule has 3 aromatic heterocycles. The van der Waals surface area contributed by atoms with Gasteiger partial charge in [0.15, 0.2) is 11.8 Å². The molecular weight excluding hydrogens is 685 g/mol. The second kappa shape index (κ2) is 17.6. The minimum atomic E-state index is -1.30. The van der Waals surface area contributed by atoms with Crippen LogP contribution >= 0.6 is 0 Å². The molecule has 1 saturated carbocycles. The first kappa shape index (κ1) is 39.8. The van der Waals surface area contributed by atoms with Crippen LogP contribution in [0.1, 0.15) is 37.3 Å². The highest BCUT2D eigenvalue weighted by molar-refractivity contribution is 6.76. The Morgan fingerprint density at radius 2 is 1.52 bits per heavy atom. The zero-order chi connectivity index (χ0) is 37.5. The Labute approximate surface area is 313 Å². The standard InChI is InChI=1S/C39H56BN5O5Si2/c1-47-36(39(46)48-2)30-16-14-29(15-17-30)35-34(40)38(44(26-49-20-22-51(3,4)5)27-50-21-23-52(6,7)8)45-37(43-35)32(25-42-45)31-18-19-33(41-24-31)28-12-10-9-11-13-28/h9-13,18-19,24-25,29-30,36H,14-17,20-23,26-27H2,1-8H3. The lowest BCUT2D eigenvalue weighted by Gasteiger charge is -2.34. The van der Waals surface area contributed by atoms with E-state index in [1.807, 2.05) is 41.2 Å². The molecule has 1 aliphatic carbocycles. The van der Waals surface area contributed by atoms with Crippen molar-refractivity contribution < 1.29 is 23.7 Å². The Morgan fingerprint density at radius 1 is 0.885 bits per heavy atom. The average molecular weight is 742 g/mol. The number of hydrogen-bond donors (Lipinski definition) is 0. The van der Waals surface area contributed by atoms with Crippen LogP contribution < -0.4 is 10.4 Å². The van der Waals surface area contributed by atoms with Gasteiger partial charge in [-0.25, -0.2) is 9.78 Å². The van der Waals surface area contributed by atoms with Crippen LogP contribution in [0.25, 0.3) is 28.0 Å². The largest absolute Gasteiger partial charge is 0.467 e. The number of anilines is 1. The minimum absolute atomic E-state index is 0.0638. The Bertz CT molecular complexity index is 1730. The molecule has 10 nitrogen and oxygen atoms in total. The zero-order valence-electron chi connectivity index (χ0n) is 32.4. The number of hydrogen-bond acceptors (Lipinski definition) is 9. The first-order valence-electron chi connectivity index (χ1n) is 18.5. The van der Waals surface area contributed by atoms with Gasteiger partial charge in [0.2, 0.25) is 0 Å². The number of pyridine rings is 1. The monoisotopic (exact) mass is 741 g/mol. The van der Waals surface area contributed by atoms with Gasteiger partial charge in [-0.15, -0.1) is 0 Å². The van der Waals surface area contributed by atoms with Gasteiger partial charge in [-0.2, -0.15) is 9.61 Å². The first-order chi connectivity index (χ1) is 24.8. The Morgan fingerprint density at radius 3 is 2.06 bits per heavy atom. The molecule has 1 unspecified atom stereocenters. The summed E-state index contributed by atoms with van der Waals surface area (Å²) in [5.74, 6) is 0.530. The highest BCUT2D eigenvalue weighted by atomic mass is 28.3. The molecule has 3 heterocycles. The molecule has 0 N–H and O–H groups in total. The summed E-state index contributed by atoms with van der Waals surface area (Å²) in [6, 6.07) is 16.4. The van der Waals surface area contributed by atoms with Crippen molar-refractivity contribution in [2.45, 2.75) is 89.1 Å². The van der Waals surface area contributed by atoms with Crippen LogP contribution in [0.5, 0.6) is 0 Å². The molecule has 0 bridgehead atoms. The van der Waals surface area contributed by atoms with Gasteiger partial charge in [-0.1, -0.05) is 75.7 Å². The molecule has 52 heavy (non-hydrogen) atoms. The molecule has 4 aromatic rings. The SMILES string of the molecule is [B]c1c(C2CCC(C(OC)C(=O)OC)CC2)nc2c(-c3ccc(-c4ccccc4)nc3)cnn2c1N(COCC[Si](C)(C)C)COCC[Si](C)(C)C. The lowest BCUT2D eigenvalue weighted by Crippen LogP contribution is -2.39. The van der Waals surface area contributed by atoms with E-state index in [2.05, 4.69) is 62.4 Å². The third kappa shape index (κ3) is 10.2. The van der Waals surface area contributed by atoms with E-state index in [4.69, 9.17) is 41.9 Å². The summed E-state index contributed by atoms with van der Waals surface area (Å²) in [5.41, 5.74) is 5.84. The average Bonchev–Trinajstić information content (AvgIpc) is 3.54. The summed E-state index contributed by atoms with van der Waals surface area (Å²) >= 11 is 0. The predicted molar refractivity (Wildman–Crippen MR) is 215 cm³/mol. The van der Waals surface area contributed by atoms with Crippen molar-refractivity contribution in [1.29, 1.82) is 0 Å². The summed E-state index contributed by atoms with van der Waals surface area (Å²) < 4.78 is 25.2. The summed E-state index contributed by atoms with van der Waals surface area (Å²) in [7, 11) is 7.56. The van der Waals surface area contributed by atoms with E-state index in [0.717, 1.165) is 65.8 Å². The number of ether oxygens (including phenoxy) is 4. The number of fused-ring (bicyclic) bond motifs is 1. The van der Waals surface area contributed by atoms with E-state index in [0.29, 0.717) is 43.6 Å². The van der Waals surface area contributed by atoms with Crippen molar-refractivity contribution in [3.8, 4) is 22.4 Å². The van der Waals surface area contributed by atoms with Crippen LogP contribution in [0.2, 0.25) is 51.4 Å². The van der Waals surface area contributed by atoms with Crippen molar-refractivity contribution in [2.24, 2.45) is 5.92 Å². The number of esters is 1. The van der Waals surface area contributed by atoms with Crippen molar-refractivity contribution in [3.05, 3.63) is 60.6 Å². The lowest BCUT2D eigenvalue weighted by atomic mass is 9.75. The molecule has 1 atom stereocenters. The lowest BCUT2D eigenvalue weighted by molar-refractivity contribution is -0.156. The van der Waals surface area contributed by atoms with E-state index in [-0.39, 0.29) is 17.8 Å². The molecule has 1 aliphatic rings. The zero-order valence-corrected chi connectivity index (χ0v) is 34.4. The van der Waals surface area contributed by atoms with Gasteiger partial charge in [0.05, 0.1) is 19.0 Å². The van der Waals surface area contributed by atoms with Crippen molar-refractivity contribution in [1.82, 2.24) is 19.6 Å². The third-order valence-electron chi connectivity index (χ3n) is 9.89. The summed E-state index contributed by atoms with van der Waals surface area (Å²) in [4.78, 5) is 24.6. The molecule has 1 fully saturated rings. The molecule has 0 aliphatic heterocycles. The van der Waals surface area contributed by atoms with Crippen LogP contribution in [0.15, 0.2) is 54.9 Å². The van der Waals surface area contributed by atoms with E-state index in [1.54, 1.807) is 7.11 Å².